The predicted molar refractivity (Wildman–Crippen MR) is 75.6 cm³/mol. The summed E-state index contributed by atoms with van der Waals surface area (Å²) in [6.07, 6.45) is 0.241. The fraction of sp³-hybridized carbons (Fsp3) is 1.00. The van der Waals surface area contributed by atoms with Crippen LogP contribution >= 0.6 is 0 Å². The summed E-state index contributed by atoms with van der Waals surface area (Å²) in [7, 11) is 0. The van der Waals surface area contributed by atoms with E-state index in [9.17, 15) is 18.3 Å². The molecule has 2 fully saturated rings. The molecule has 2 rings (SSSR count). The average molecular weight is 309 g/mol. The second kappa shape index (κ2) is 6.42. The first-order chi connectivity index (χ1) is 9.76. The quantitative estimate of drug-likeness (QED) is 0.784. The highest BCUT2D eigenvalue weighted by Gasteiger charge is 2.52. The standard InChI is InChI=1S/C15H28F3N2O/c1-2-14(21)11-7-12(19)9-20(8-11,10-15(16,17)18)13-5-3-4-6-13/h11-14,21H,2-10,19H2,1H3/q+1. The maximum absolute atomic E-state index is 13.2. The molecule has 124 valence electrons. The van der Waals surface area contributed by atoms with Crippen LogP contribution in [0.2, 0.25) is 0 Å². The van der Waals surface area contributed by atoms with Crippen molar-refractivity contribution in [2.45, 2.75) is 69.8 Å². The topological polar surface area (TPSA) is 46.2 Å². The average Bonchev–Trinajstić information content (AvgIpc) is 2.89. The van der Waals surface area contributed by atoms with Gasteiger partial charge in [-0.2, -0.15) is 13.2 Å². The number of nitrogens with two attached hydrogens (primary N) is 1. The fourth-order valence-corrected chi connectivity index (χ4v) is 4.52. The fourth-order valence-electron chi connectivity index (χ4n) is 4.52. The summed E-state index contributed by atoms with van der Waals surface area (Å²) in [6, 6.07) is -0.183. The molecule has 6 heteroatoms. The van der Waals surface area contributed by atoms with E-state index in [1.54, 1.807) is 0 Å². The molecule has 1 saturated heterocycles. The molecule has 0 amide bonds. The van der Waals surface area contributed by atoms with Gasteiger partial charge in [0, 0.05) is 5.92 Å². The van der Waals surface area contributed by atoms with Crippen molar-refractivity contribution in [3.63, 3.8) is 0 Å². The zero-order chi connectivity index (χ0) is 15.7. The van der Waals surface area contributed by atoms with Crippen LogP contribution in [0.4, 0.5) is 13.2 Å². The number of hydrogen-bond acceptors (Lipinski definition) is 2. The largest absolute Gasteiger partial charge is 0.438 e. The van der Waals surface area contributed by atoms with Gasteiger partial charge in [-0.15, -0.1) is 0 Å². The number of likely N-dealkylation sites (tertiary alicyclic amines) is 1. The smallest absolute Gasteiger partial charge is 0.393 e. The third-order valence-electron chi connectivity index (χ3n) is 5.36. The molecule has 0 aromatic rings. The summed E-state index contributed by atoms with van der Waals surface area (Å²) in [5.41, 5.74) is 6.09. The highest BCUT2D eigenvalue weighted by atomic mass is 19.4. The van der Waals surface area contributed by atoms with Crippen LogP contribution in [0.25, 0.3) is 0 Å². The van der Waals surface area contributed by atoms with Crippen molar-refractivity contribution in [3.05, 3.63) is 0 Å². The van der Waals surface area contributed by atoms with Gasteiger partial charge in [-0.1, -0.05) is 6.92 Å². The molecule has 4 unspecified atom stereocenters. The molecule has 21 heavy (non-hydrogen) atoms. The zero-order valence-electron chi connectivity index (χ0n) is 12.8. The molecule has 0 bridgehead atoms. The zero-order valence-corrected chi connectivity index (χ0v) is 12.8. The SMILES string of the molecule is CCC(O)C1CC(N)C[N+](CC(F)(F)F)(C2CCCC2)C1. The summed E-state index contributed by atoms with van der Waals surface area (Å²) < 4.78 is 39.5. The van der Waals surface area contributed by atoms with Crippen LogP contribution in [-0.2, 0) is 0 Å². The van der Waals surface area contributed by atoms with Gasteiger partial charge < -0.3 is 15.3 Å². The second-order valence-corrected chi connectivity index (χ2v) is 7.03. The number of alkyl halides is 3. The Morgan fingerprint density at radius 2 is 1.86 bits per heavy atom. The van der Waals surface area contributed by atoms with Crippen LogP contribution in [0.5, 0.6) is 0 Å². The maximum atomic E-state index is 13.2. The number of quaternary nitrogens is 1. The van der Waals surface area contributed by atoms with Gasteiger partial charge in [-0.05, 0) is 38.5 Å². The third-order valence-corrected chi connectivity index (χ3v) is 5.36. The highest BCUT2D eigenvalue weighted by molar-refractivity contribution is 4.83. The number of hydrogen-bond donors (Lipinski definition) is 2. The number of piperidine rings is 1. The number of aliphatic hydroxyl groups excluding tert-OH is 1. The molecular formula is C15H28F3N2O+. The van der Waals surface area contributed by atoms with Gasteiger partial charge in [0.1, 0.15) is 0 Å². The first-order valence-corrected chi connectivity index (χ1v) is 8.12. The van der Waals surface area contributed by atoms with Crippen LogP contribution < -0.4 is 5.73 Å². The number of halogens is 3. The molecule has 1 aliphatic carbocycles. The first kappa shape index (κ1) is 17.0. The van der Waals surface area contributed by atoms with E-state index in [4.69, 9.17) is 5.73 Å². The summed E-state index contributed by atoms with van der Waals surface area (Å²) >= 11 is 0. The molecule has 0 aromatic heterocycles. The number of aliphatic hydroxyl groups is 1. The Hall–Kier alpha value is -0.330. The molecule has 0 spiro atoms. The van der Waals surface area contributed by atoms with Crippen LogP contribution in [0, 0.1) is 5.92 Å². The Balaban J connectivity index is 2.24. The molecule has 3 N–H and O–H groups in total. The van der Waals surface area contributed by atoms with E-state index >= 15 is 0 Å². The van der Waals surface area contributed by atoms with Crippen LogP contribution in [0.1, 0.15) is 45.4 Å². The molecule has 3 nitrogen and oxygen atoms in total. The molecule has 4 atom stereocenters. The van der Waals surface area contributed by atoms with Gasteiger partial charge in [-0.25, -0.2) is 0 Å². The summed E-state index contributed by atoms with van der Waals surface area (Å²) in [6.45, 7) is 1.90. The minimum Gasteiger partial charge on any atom is -0.393 e. The van der Waals surface area contributed by atoms with Crippen molar-refractivity contribution in [1.29, 1.82) is 0 Å². The summed E-state index contributed by atoms with van der Waals surface area (Å²) in [5, 5.41) is 10.1. The van der Waals surface area contributed by atoms with E-state index in [2.05, 4.69) is 0 Å². The predicted octanol–water partition coefficient (Wildman–Crippen LogP) is 2.43. The van der Waals surface area contributed by atoms with E-state index in [1.165, 1.54) is 0 Å². The van der Waals surface area contributed by atoms with Gasteiger partial charge >= 0.3 is 6.18 Å². The Bertz CT molecular complexity index is 344. The Morgan fingerprint density at radius 3 is 2.38 bits per heavy atom. The molecule has 0 radical (unpaired) electrons. The normalized spacial score (nSPS) is 36.9. The van der Waals surface area contributed by atoms with E-state index in [0.29, 0.717) is 25.9 Å². The van der Waals surface area contributed by atoms with Crippen molar-refractivity contribution in [1.82, 2.24) is 0 Å². The first-order valence-electron chi connectivity index (χ1n) is 8.12. The molecule has 0 aromatic carbocycles. The number of rotatable bonds is 4. The van der Waals surface area contributed by atoms with E-state index < -0.39 is 18.8 Å². The molecule has 2 aliphatic rings. The Labute approximate surface area is 124 Å². The minimum atomic E-state index is -4.18. The molecule has 1 heterocycles. The summed E-state index contributed by atoms with van der Waals surface area (Å²) in [5.74, 6) is -0.110. The van der Waals surface area contributed by atoms with Gasteiger partial charge in [0.05, 0.1) is 31.3 Å². The van der Waals surface area contributed by atoms with Gasteiger partial charge in [0.2, 0.25) is 0 Å². The molecule has 1 aliphatic heterocycles. The van der Waals surface area contributed by atoms with E-state index in [1.807, 2.05) is 6.92 Å². The van der Waals surface area contributed by atoms with Crippen molar-refractivity contribution in [3.8, 4) is 0 Å². The second-order valence-electron chi connectivity index (χ2n) is 7.03. The monoisotopic (exact) mass is 309 g/mol. The van der Waals surface area contributed by atoms with Crippen molar-refractivity contribution >= 4 is 0 Å². The third kappa shape index (κ3) is 4.11. The highest BCUT2D eigenvalue weighted by Crippen LogP contribution is 2.38. The van der Waals surface area contributed by atoms with Crippen LogP contribution in [0.3, 0.4) is 0 Å². The van der Waals surface area contributed by atoms with Crippen molar-refractivity contribution in [2.75, 3.05) is 19.6 Å². The van der Waals surface area contributed by atoms with Gasteiger partial charge in [0.15, 0.2) is 6.54 Å². The lowest BCUT2D eigenvalue weighted by Crippen LogP contribution is -2.68. The van der Waals surface area contributed by atoms with Gasteiger partial charge in [0.25, 0.3) is 0 Å². The van der Waals surface area contributed by atoms with Crippen molar-refractivity contribution < 1.29 is 22.8 Å². The van der Waals surface area contributed by atoms with Crippen molar-refractivity contribution in [2.24, 2.45) is 11.7 Å². The van der Waals surface area contributed by atoms with E-state index in [-0.39, 0.29) is 22.5 Å². The lowest BCUT2D eigenvalue weighted by molar-refractivity contribution is -0.967. The lowest BCUT2D eigenvalue weighted by Gasteiger charge is -2.51. The number of nitrogens with zero attached hydrogens (tertiary/aromatic N) is 1. The Kier molecular flexibility index (Phi) is 5.21. The summed E-state index contributed by atoms with van der Waals surface area (Å²) in [4.78, 5) is 0. The lowest BCUT2D eigenvalue weighted by atomic mass is 9.85. The van der Waals surface area contributed by atoms with Crippen LogP contribution in [0.15, 0.2) is 0 Å². The van der Waals surface area contributed by atoms with Crippen LogP contribution in [-0.4, -0.2) is 53.6 Å². The molecular weight excluding hydrogens is 281 g/mol. The van der Waals surface area contributed by atoms with E-state index in [0.717, 1.165) is 25.7 Å². The maximum Gasteiger partial charge on any atom is 0.438 e. The minimum absolute atomic E-state index is 0.0480. The van der Waals surface area contributed by atoms with Gasteiger partial charge in [-0.3, -0.25) is 0 Å². The Morgan fingerprint density at radius 1 is 1.24 bits per heavy atom. The molecule has 1 saturated carbocycles.